The monoisotopic (exact) mass is 471 g/mol. The number of hydrogen-bond acceptors (Lipinski definition) is 9. The summed E-state index contributed by atoms with van der Waals surface area (Å²) in [5.41, 5.74) is 1.93. The molecule has 0 saturated heterocycles. The van der Waals surface area contributed by atoms with Gasteiger partial charge < -0.3 is 23.8 Å². The second-order valence-corrected chi connectivity index (χ2v) is 7.99. The van der Waals surface area contributed by atoms with E-state index in [0.717, 1.165) is 17.9 Å². The van der Waals surface area contributed by atoms with E-state index in [1.54, 1.807) is 13.2 Å². The number of hydrogen-bond donors (Lipinski definition) is 1. The summed E-state index contributed by atoms with van der Waals surface area (Å²) >= 11 is 0. The minimum Gasteiger partial charge on any atom is -0.493 e. The molecule has 0 bridgehead atoms. The molecule has 1 atom stereocenters. The van der Waals surface area contributed by atoms with Crippen LogP contribution >= 0.6 is 0 Å². The Hall–Kier alpha value is -3.37. The Balaban J connectivity index is 1.91. The van der Waals surface area contributed by atoms with Gasteiger partial charge in [0.05, 0.1) is 51.4 Å². The summed E-state index contributed by atoms with van der Waals surface area (Å²) in [6.07, 6.45) is 0. The predicted octanol–water partition coefficient (Wildman–Crippen LogP) is 2.62. The molecule has 0 saturated carbocycles. The van der Waals surface area contributed by atoms with Crippen LogP contribution < -0.4 is 24.7 Å². The standard InChI is InChI=1S/C24H33N5O5/c1-15(28(2)11-12-31-4)17-10-8-9-16(25-17)14-29(3)24-26-18-13-19(32-5)21(33-6)22(34-7)20(18)23(30)27-24/h8-10,13,15H,11-12,14H2,1-7H3,(H,26,27,30). The van der Waals surface area contributed by atoms with Crippen molar-refractivity contribution in [1.82, 2.24) is 19.9 Å². The molecule has 1 N–H and O–H groups in total. The molecular formula is C24H33N5O5. The van der Waals surface area contributed by atoms with E-state index in [1.807, 2.05) is 37.2 Å². The van der Waals surface area contributed by atoms with Crippen molar-refractivity contribution in [1.29, 1.82) is 0 Å². The van der Waals surface area contributed by atoms with E-state index in [-0.39, 0.29) is 17.4 Å². The topological polar surface area (TPSA) is 102 Å². The molecule has 2 aromatic heterocycles. The number of methoxy groups -OCH3 is 4. The summed E-state index contributed by atoms with van der Waals surface area (Å²) < 4.78 is 21.4. The van der Waals surface area contributed by atoms with Crippen LogP contribution in [0.3, 0.4) is 0 Å². The first-order valence-corrected chi connectivity index (χ1v) is 10.9. The molecule has 10 heteroatoms. The maximum atomic E-state index is 13.0. The van der Waals surface area contributed by atoms with Gasteiger partial charge in [-0.2, -0.15) is 0 Å². The molecule has 0 fully saturated rings. The van der Waals surface area contributed by atoms with Gasteiger partial charge in [0, 0.05) is 32.8 Å². The number of H-pyrrole nitrogens is 1. The number of rotatable bonds is 11. The van der Waals surface area contributed by atoms with Crippen LogP contribution in [-0.2, 0) is 11.3 Å². The Morgan fingerprint density at radius 2 is 1.76 bits per heavy atom. The van der Waals surface area contributed by atoms with Gasteiger partial charge in [0.2, 0.25) is 11.7 Å². The SMILES string of the molecule is COCCN(C)C(C)c1cccc(CN(C)c2nc3cc(OC)c(OC)c(OC)c3c(=O)[nH]2)n1. The van der Waals surface area contributed by atoms with Crippen LogP contribution in [-0.4, -0.2) is 75.5 Å². The molecule has 3 aromatic rings. The maximum Gasteiger partial charge on any atom is 0.264 e. The van der Waals surface area contributed by atoms with E-state index < -0.39 is 0 Å². The quantitative estimate of drug-likeness (QED) is 0.452. The van der Waals surface area contributed by atoms with Gasteiger partial charge in [-0.1, -0.05) is 6.07 Å². The molecule has 3 rings (SSSR count). The van der Waals surface area contributed by atoms with E-state index in [2.05, 4.69) is 21.8 Å². The van der Waals surface area contributed by atoms with E-state index in [0.29, 0.717) is 41.5 Å². The van der Waals surface area contributed by atoms with Crippen molar-refractivity contribution in [2.75, 3.05) is 60.6 Å². The van der Waals surface area contributed by atoms with Crippen LogP contribution in [0.2, 0.25) is 0 Å². The number of aromatic nitrogens is 3. The average Bonchev–Trinajstić information content (AvgIpc) is 2.85. The Morgan fingerprint density at radius 1 is 1.03 bits per heavy atom. The summed E-state index contributed by atoms with van der Waals surface area (Å²) in [5, 5.41) is 0.297. The summed E-state index contributed by atoms with van der Waals surface area (Å²) in [6.45, 7) is 4.04. The van der Waals surface area contributed by atoms with Gasteiger partial charge in [0.25, 0.3) is 5.56 Å². The normalized spacial score (nSPS) is 12.1. The number of pyridine rings is 1. The van der Waals surface area contributed by atoms with Crippen LogP contribution in [0.1, 0.15) is 24.4 Å². The molecule has 0 aliphatic heterocycles. The lowest BCUT2D eigenvalue weighted by Gasteiger charge is -2.24. The number of aromatic amines is 1. The molecule has 0 radical (unpaired) electrons. The van der Waals surface area contributed by atoms with Gasteiger partial charge in [-0.25, -0.2) is 4.98 Å². The fourth-order valence-electron chi connectivity index (χ4n) is 3.73. The lowest BCUT2D eigenvalue weighted by atomic mass is 10.1. The molecule has 0 aliphatic rings. The maximum absolute atomic E-state index is 13.0. The third-order valence-corrected chi connectivity index (χ3v) is 5.81. The predicted molar refractivity (Wildman–Crippen MR) is 131 cm³/mol. The number of ether oxygens (including phenoxy) is 4. The second-order valence-electron chi connectivity index (χ2n) is 7.99. The molecule has 0 aliphatic carbocycles. The largest absolute Gasteiger partial charge is 0.493 e. The summed E-state index contributed by atoms with van der Waals surface area (Å²) in [7, 11) is 10.1. The fraction of sp³-hybridized carbons (Fsp3) is 0.458. The molecular weight excluding hydrogens is 438 g/mol. The fourth-order valence-corrected chi connectivity index (χ4v) is 3.73. The summed E-state index contributed by atoms with van der Waals surface area (Å²) in [6, 6.07) is 7.76. The Bertz CT molecular complexity index is 1180. The number of nitrogens with zero attached hydrogens (tertiary/aromatic N) is 4. The average molecular weight is 472 g/mol. The van der Waals surface area contributed by atoms with Gasteiger partial charge in [-0.05, 0) is 26.1 Å². The van der Waals surface area contributed by atoms with Gasteiger partial charge in [-0.15, -0.1) is 0 Å². The molecule has 2 heterocycles. The Kier molecular flexibility index (Phi) is 8.30. The minimum absolute atomic E-state index is 0.133. The zero-order valence-electron chi connectivity index (χ0n) is 20.8. The lowest BCUT2D eigenvalue weighted by Crippen LogP contribution is -2.27. The van der Waals surface area contributed by atoms with Crippen molar-refractivity contribution in [2.24, 2.45) is 0 Å². The zero-order chi connectivity index (χ0) is 24.8. The highest BCUT2D eigenvalue weighted by molar-refractivity contribution is 5.90. The minimum atomic E-state index is -0.334. The molecule has 184 valence electrons. The lowest BCUT2D eigenvalue weighted by molar-refractivity contribution is 0.142. The van der Waals surface area contributed by atoms with Crippen LogP contribution in [0.15, 0.2) is 29.1 Å². The Morgan fingerprint density at radius 3 is 2.41 bits per heavy atom. The number of fused-ring (bicyclic) bond motifs is 1. The second kappa shape index (κ2) is 11.2. The van der Waals surface area contributed by atoms with Crippen molar-refractivity contribution in [3.8, 4) is 17.2 Å². The number of anilines is 1. The van der Waals surface area contributed by atoms with Crippen LogP contribution in [0.4, 0.5) is 5.95 Å². The third kappa shape index (κ3) is 5.23. The molecule has 1 aromatic carbocycles. The van der Waals surface area contributed by atoms with Gasteiger partial charge in [-0.3, -0.25) is 19.7 Å². The zero-order valence-corrected chi connectivity index (χ0v) is 20.8. The van der Waals surface area contributed by atoms with E-state index in [9.17, 15) is 4.79 Å². The van der Waals surface area contributed by atoms with Crippen molar-refractivity contribution < 1.29 is 18.9 Å². The highest BCUT2D eigenvalue weighted by atomic mass is 16.5. The van der Waals surface area contributed by atoms with Crippen molar-refractivity contribution in [3.05, 3.63) is 46.0 Å². The van der Waals surface area contributed by atoms with E-state index in [1.165, 1.54) is 21.3 Å². The molecule has 0 amide bonds. The number of likely N-dealkylation sites (N-methyl/N-ethyl adjacent to an activating group) is 1. The highest BCUT2D eigenvalue weighted by Gasteiger charge is 2.21. The first kappa shape index (κ1) is 25.3. The van der Waals surface area contributed by atoms with Gasteiger partial charge >= 0.3 is 0 Å². The van der Waals surface area contributed by atoms with E-state index in [4.69, 9.17) is 23.9 Å². The molecule has 0 spiro atoms. The molecule has 10 nitrogen and oxygen atoms in total. The third-order valence-electron chi connectivity index (χ3n) is 5.81. The number of benzene rings is 1. The van der Waals surface area contributed by atoms with Crippen LogP contribution in [0.25, 0.3) is 10.9 Å². The molecule has 1 unspecified atom stereocenters. The first-order chi connectivity index (χ1) is 16.3. The Labute approximate surface area is 199 Å². The smallest absolute Gasteiger partial charge is 0.264 e. The van der Waals surface area contributed by atoms with Crippen LogP contribution in [0.5, 0.6) is 17.2 Å². The first-order valence-electron chi connectivity index (χ1n) is 10.9. The summed E-state index contributed by atoms with van der Waals surface area (Å²) in [4.78, 5) is 29.3. The van der Waals surface area contributed by atoms with E-state index >= 15 is 0 Å². The van der Waals surface area contributed by atoms with Gasteiger partial charge in [0.15, 0.2) is 11.5 Å². The summed E-state index contributed by atoms with van der Waals surface area (Å²) in [5.74, 6) is 1.46. The van der Waals surface area contributed by atoms with Crippen LogP contribution in [0, 0.1) is 0 Å². The van der Waals surface area contributed by atoms with Crippen molar-refractivity contribution in [3.63, 3.8) is 0 Å². The number of nitrogens with one attached hydrogen (secondary N) is 1. The highest BCUT2D eigenvalue weighted by Crippen LogP contribution is 2.41. The van der Waals surface area contributed by atoms with Gasteiger partial charge in [0.1, 0.15) is 5.39 Å². The molecule has 34 heavy (non-hydrogen) atoms. The van der Waals surface area contributed by atoms with Crippen molar-refractivity contribution >= 4 is 16.9 Å². The van der Waals surface area contributed by atoms with Crippen molar-refractivity contribution in [2.45, 2.75) is 19.5 Å².